The fourth-order valence-electron chi connectivity index (χ4n) is 2.56. The van der Waals surface area contributed by atoms with Crippen LogP contribution >= 0.6 is 39.1 Å². The van der Waals surface area contributed by atoms with Crippen molar-refractivity contribution in [1.29, 1.82) is 0 Å². The zero-order valence-corrected chi connectivity index (χ0v) is 17.0. The van der Waals surface area contributed by atoms with Crippen LogP contribution in [0.4, 0.5) is 8.78 Å². The molecule has 3 nitrogen and oxygen atoms in total. The molecule has 3 aromatic rings. The molecule has 0 N–H and O–H groups in total. The highest BCUT2D eigenvalue weighted by molar-refractivity contribution is 9.10. The number of ether oxygens (including phenoxy) is 1. The van der Waals surface area contributed by atoms with Crippen LogP contribution in [0.3, 0.4) is 0 Å². The summed E-state index contributed by atoms with van der Waals surface area (Å²) in [6.45, 7) is 1.55. The molecule has 1 heterocycles. The van der Waals surface area contributed by atoms with Crippen LogP contribution < -0.4 is 10.3 Å². The highest BCUT2D eigenvalue weighted by Crippen LogP contribution is 2.34. The first-order chi connectivity index (χ1) is 12.8. The predicted octanol–water partition coefficient (Wildman–Crippen LogP) is 6.07. The maximum absolute atomic E-state index is 13.7. The second-order valence-corrected chi connectivity index (χ2v) is 7.36. The Labute approximate surface area is 172 Å². The SMILES string of the molecule is Cc1cc(OCc2ccc(F)cc2F)cc(=O)n1-c1c(Cl)ccc(Br)c1Cl. The lowest BCUT2D eigenvalue weighted by Gasteiger charge is -2.16. The van der Waals surface area contributed by atoms with Crippen molar-refractivity contribution < 1.29 is 13.5 Å². The van der Waals surface area contributed by atoms with Gasteiger partial charge in [0.25, 0.3) is 5.56 Å². The Balaban J connectivity index is 1.94. The van der Waals surface area contributed by atoms with E-state index in [0.29, 0.717) is 25.9 Å². The number of rotatable bonds is 4. The monoisotopic (exact) mass is 473 g/mol. The molecule has 0 aliphatic rings. The van der Waals surface area contributed by atoms with Gasteiger partial charge < -0.3 is 4.74 Å². The quantitative estimate of drug-likeness (QED) is 0.429. The molecule has 0 bridgehead atoms. The van der Waals surface area contributed by atoms with Gasteiger partial charge in [-0.05, 0) is 47.1 Å². The van der Waals surface area contributed by atoms with Crippen molar-refractivity contribution in [3.05, 3.63) is 90.2 Å². The third-order valence-corrected chi connectivity index (χ3v) is 5.42. The van der Waals surface area contributed by atoms with E-state index in [2.05, 4.69) is 15.9 Å². The van der Waals surface area contributed by atoms with Gasteiger partial charge in [-0.25, -0.2) is 8.78 Å². The van der Waals surface area contributed by atoms with E-state index in [9.17, 15) is 13.6 Å². The lowest BCUT2D eigenvalue weighted by molar-refractivity contribution is 0.298. The largest absolute Gasteiger partial charge is 0.489 e. The first-order valence-electron chi connectivity index (χ1n) is 7.72. The summed E-state index contributed by atoms with van der Waals surface area (Å²) in [5.74, 6) is -1.13. The summed E-state index contributed by atoms with van der Waals surface area (Å²) < 4.78 is 34.1. The van der Waals surface area contributed by atoms with Crippen molar-refractivity contribution >= 4 is 39.1 Å². The smallest absolute Gasteiger partial charge is 0.259 e. The summed E-state index contributed by atoms with van der Waals surface area (Å²) in [6.07, 6.45) is 0. The minimum absolute atomic E-state index is 0.145. The molecule has 8 heteroatoms. The van der Waals surface area contributed by atoms with Gasteiger partial charge in [-0.1, -0.05) is 23.2 Å². The summed E-state index contributed by atoms with van der Waals surface area (Å²) in [7, 11) is 0. The Morgan fingerprint density at radius 3 is 2.52 bits per heavy atom. The molecule has 0 aliphatic carbocycles. The summed E-state index contributed by atoms with van der Waals surface area (Å²) in [5.41, 5.74) is 0.646. The number of aromatic nitrogens is 1. The van der Waals surface area contributed by atoms with E-state index < -0.39 is 17.2 Å². The van der Waals surface area contributed by atoms with Crippen molar-refractivity contribution in [2.75, 3.05) is 0 Å². The second kappa shape index (κ2) is 8.00. The van der Waals surface area contributed by atoms with Gasteiger partial charge in [-0.15, -0.1) is 0 Å². The van der Waals surface area contributed by atoms with Crippen molar-refractivity contribution in [3.8, 4) is 11.4 Å². The number of hydrogen-bond donors (Lipinski definition) is 0. The molecule has 0 amide bonds. The van der Waals surface area contributed by atoms with Crippen LogP contribution in [-0.2, 0) is 6.61 Å². The number of hydrogen-bond acceptors (Lipinski definition) is 2. The third-order valence-electron chi connectivity index (χ3n) is 3.84. The summed E-state index contributed by atoms with van der Waals surface area (Å²) in [4.78, 5) is 12.6. The normalized spacial score (nSPS) is 10.9. The molecule has 1 aromatic heterocycles. The van der Waals surface area contributed by atoms with E-state index in [1.165, 1.54) is 16.7 Å². The highest BCUT2D eigenvalue weighted by Gasteiger charge is 2.16. The van der Waals surface area contributed by atoms with Gasteiger partial charge in [0.1, 0.15) is 24.0 Å². The van der Waals surface area contributed by atoms with Gasteiger partial charge in [0.05, 0.1) is 15.7 Å². The number of benzene rings is 2. The first kappa shape index (κ1) is 19.9. The minimum Gasteiger partial charge on any atom is -0.489 e. The van der Waals surface area contributed by atoms with E-state index in [1.54, 1.807) is 25.1 Å². The highest BCUT2D eigenvalue weighted by atomic mass is 79.9. The van der Waals surface area contributed by atoms with Gasteiger partial charge in [0.15, 0.2) is 0 Å². The Hall–Kier alpha value is -1.89. The second-order valence-electron chi connectivity index (χ2n) is 5.72. The minimum atomic E-state index is -0.715. The van der Waals surface area contributed by atoms with Crippen LogP contribution in [0.1, 0.15) is 11.3 Å². The zero-order valence-electron chi connectivity index (χ0n) is 13.9. The molecule has 0 unspecified atom stereocenters. The molecule has 0 saturated carbocycles. The van der Waals surface area contributed by atoms with Crippen molar-refractivity contribution in [2.24, 2.45) is 0 Å². The van der Waals surface area contributed by atoms with E-state index >= 15 is 0 Å². The summed E-state index contributed by atoms with van der Waals surface area (Å²) in [6, 6.07) is 9.38. The molecule has 2 aromatic carbocycles. The molecule has 0 saturated heterocycles. The number of aryl methyl sites for hydroxylation is 1. The van der Waals surface area contributed by atoms with Gasteiger partial charge in [0, 0.05) is 33.9 Å². The first-order valence-corrected chi connectivity index (χ1v) is 9.27. The molecule has 3 rings (SSSR count). The summed E-state index contributed by atoms with van der Waals surface area (Å²) >= 11 is 15.8. The topological polar surface area (TPSA) is 31.2 Å². The van der Waals surface area contributed by atoms with Crippen LogP contribution in [-0.4, -0.2) is 4.57 Å². The fraction of sp³-hybridized carbons (Fsp3) is 0.105. The standard InChI is InChI=1S/C19H12BrCl2F2NO2/c1-10-6-13(27-9-11-2-3-12(23)7-16(11)24)8-17(26)25(10)19-15(21)5-4-14(20)18(19)22/h2-8H,9H2,1H3. The third kappa shape index (κ3) is 4.18. The molecule has 27 heavy (non-hydrogen) atoms. The van der Waals surface area contributed by atoms with Crippen LogP contribution in [0.25, 0.3) is 5.69 Å². The molecule has 0 radical (unpaired) electrons. The molecular weight excluding hydrogens is 463 g/mol. The van der Waals surface area contributed by atoms with E-state index in [4.69, 9.17) is 27.9 Å². The number of nitrogens with zero attached hydrogens (tertiary/aromatic N) is 1. The van der Waals surface area contributed by atoms with E-state index in [0.717, 1.165) is 12.1 Å². The van der Waals surface area contributed by atoms with Gasteiger partial charge in [-0.2, -0.15) is 0 Å². The maximum atomic E-state index is 13.7. The van der Waals surface area contributed by atoms with Crippen molar-refractivity contribution in [3.63, 3.8) is 0 Å². The summed E-state index contributed by atoms with van der Waals surface area (Å²) in [5, 5.41) is 0.616. The molecule has 0 atom stereocenters. The van der Waals surface area contributed by atoms with Gasteiger partial charge >= 0.3 is 0 Å². The molecule has 140 valence electrons. The van der Waals surface area contributed by atoms with Crippen molar-refractivity contribution in [1.82, 2.24) is 4.57 Å². The molecule has 0 fully saturated rings. The molecular formula is C19H12BrCl2F2NO2. The number of pyridine rings is 1. The van der Waals surface area contributed by atoms with Crippen molar-refractivity contribution in [2.45, 2.75) is 13.5 Å². The Morgan fingerprint density at radius 2 is 1.85 bits per heavy atom. The van der Waals surface area contributed by atoms with Crippen LogP contribution in [0.2, 0.25) is 10.0 Å². The van der Waals surface area contributed by atoms with E-state index in [-0.39, 0.29) is 17.9 Å². The lowest BCUT2D eigenvalue weighted by Crippen LogP contribution is -2.20. The molecule has 0 aliphatic heterocycles. The van der Waals surface area contributed by atoms with E-state index in [1.807, 2.05) is 0 Å². The Bertz CT molecular complexity index is 1090. The predicted molar refractivity (Wildman–Crippen MR) is 105 cm³/mol. The zero-order chi connectivity index (χ0) is 19.7. The van der Waals surface area contributed by atoms with Gasteiger partial charge in [0.2, 0.25) is 0 Å². The van der Waals surface area contributed by atoms with Crippen LogP contribution in [0.15, 0.2) is 51.7 Å². The maximum Gasteiger partial charge on any atom is 0.259 e. The van der Waals surface area contributed by atoms with Crippen LogP contribution in [0.5, 0.6) is 5.75 Å². The Kier molecular flexibility index (Phi) is 5.89. The van der Waals surface area contributed by atoms with Crippen LogP contribution in [0, 0.1) is 18.6 Å². The Morgan fingerprint density at radius 1 is 1.11 bits per heavy atom. The average molecular weight is 475 g/mol. The average Bonchev–Trinajstić information content (AvgIpc) is 2.60. The number of halogens is 5. The fourth-order valence-corrected chi connectivity index (χ4v) is 3.42. The molecule has 0 spiro atoms. The lowest BCUT2D eigenvalue weighted by atomic mass is 10.2. The van der Waals surface area contributed by atoms with Gasteiger partial charge in [-0.3, -0.25) is 9.36 Å².